The van der Waals surface area contributed by atoms with Gasteiger partial charge in [0.05, 0.1) is 29.9 Å². The average molecular weight is 411 g/mol. The Morgan fingerprint density at radius 3 is 2.56 bits per heavy atom. The fraction of sp³-hybridized carbons (Fsp3) is 0.444. The van der Waals surface area contributed by atoms with Crippen LogP contribution in [-0.4, -0.2) is 28.8 Å². The zero-order valence-electron chi connectivity index (χ0n) is 15.1. The van der Waals surface area contributed by atoms with E-state index in [-0.39, 0.29) is 13.2 Å². The predicted octanol–water partition coefficient (Wildman–Crippen LogP) is 4.14. The molecule has 1 amide bonds. The molecule has 0 aliphatic carbocycles. The Labute approximate surface area is 155 Å². The fourth-order valence-electron chi connectivity index (χ4n) is 2.57. The number of alkyl carbamates (subject to hydrolysis) is 1. The zero-order valence-corrected chi connectivity index (χ0v) is 16.7. The number of hydrogen-bond donors (Lipinski definition) is 1. The van der Waals surface area contributed by atoms with Crippen LogP contribution in [0.3, 0.4) is 0 Å². The molecule has 1 aromatic heterocycles. The van der Waals surface area contributed by atoms with Crippen LogP contribution in [0.4, 0.5) is 4.79 Å². The highest BCUT2D eigenvalue weighted by molar-refractivity contribution is 9.10. The van der Waals surface area contributed by atoms with Gasteiger partial charge in [-0.2, -0.15) is 0 Å². The van der Waals surface area contributed by atoms with Gasteiger partial charge in [-0.05, 0) is 39.8 Å². The predicted molar refractivity (Wildman–Crippen MR) is 99.6 cm³/mol. The Hall–Kier alpha value is -2.02. The number of aryl methyl sites for hydroxylation is 1. The Morgan fingerprint density at radius 2 is 1.96 bits per heavy atom. The Bertz CT molecular complexity index is 805. The highest BCUT2D eigenvalue weighted by Crippen LogP contribution is 2.29. The number of nitrogens with zero attached hydrogens (tertiary/aromatic N) is 1. The van der Waals surface area contributed by atoms with Crippen LogP contribution in [0.5, 0.6) is 0 Å². The van der Waals surface area contributed by atoms with Gasteiger partial charge in [0, 0.05) is 16.9 Å². The summed E-state index contributed by atoms with van der Waals surface area (Å²) >= 11 is 3.44. The van der Waals surface area contributed by atoms with E-state index in [4.69, 9.17) is 9.47 Å². The van der Waals surface area contributed by atoms with Crippen LogP contribution in [0.15, 0.2) is 22.7 Å². The molecule has 0 aliphatic heterocycles. The van der Waals surface area contributed by atoms with E-state index in [9.17, 15) is 9.59 Å². The first-order valence-electron chi connectivity index (χ1n) is 8.04. The Balaban J connectivity index is 2.40. The molecule has 0 saturated heterocycles. The van der Waals surface area contributed by atoms with Crippen LogP contribution in [0.2, 0.25) is 0 Å². The van der Waals surface area contributed by atoms with Gasteiger partial charge in [0.25, 0.3) is 0 Å². The molecular formula is C18H23BrN2O4. The van der Waals surface area contributed by atoms with Gasteiger partial charge in [-0.3, -0.25) is 0 Å². The molecule has 0 unspecified atom stereocenters. The summed E-state index contributed by atoms with van der Waals surface area (Å²) in [7, 11) is 1.85. The summed E-state index contributed by atoms with van der Waals surface area (Å²) in [5, 5.41) is 3.49. The van der Waals surface area contributed by atoms with Crippen LogP contribution < -0.4 is 5.32 Å². The number of nitrogens with one attached hydrogen (secondary N) is 1. The van der Waals surface area contributed by atoms with Crippen molar-refractivity contribution < 1.29 is 19.1 Å². The molecule has 2 rings (SSSR count). The molecule has 0 fully saturated rings. The second kappa shape index (κ2) is 7.47. The van der Waals surface area contributed by atoms with Crippen molar-refractivity contribution >= 4 is 38.9 Å². The van der Waals surface area contributed by atoms with E-state index in [0.717, 1.165) is 15.4 Å². The summed E-state index contributed by atoms with van der Waals surface area (Å²) in [6.45, 7) is 7.59. The van der Waals surface area contributed by atoms with Crippen molar-refractivity contribution in [3.8, 4) is 0 Å². The summed E-state index contributed by atoms with van der Waals surface area (Å²) in [6.07, 6.45) is -0.534. The number of hydrogen-bond acceptors (Lipinski definition) is 4. The van der Waals surface area contributed by atoms with Crippen molar-refractivity contribution in [1.29, 1.82) is 0 Å². The number of ether oxygens (including phenoxy) is 2. The maximum absolute atomic E-state index is 12.5. The minimum absolute atomic E-state index is 0.159. The summed E-state index contributed by atoms with van der Waals surface area (Å²) in [4.78, 5) is 24.4. The van der Waals surface area contributed by atoms with E-state index in [1.807, 2.05) is 29.8 Å². The van der Waals surface area contributed by atoms with Gasteiger partial charge in [-0.15, -0.1) is 0 Å². The summed E-state index contributed by atoms with van der Waals surface area (Å²) in [5.41, 5.74) is 1.41. The second-order valence-corrected chi connectivity index (χ2v) is 7.53. The lowest BCUT2D eigenvalue weighted by molar-refractivity contribution is 0.0502. The average Bonchev–Trinajstić information content (AvgIpc) is 2.76. The van der Waals surface area contributed by atoms with Crippen molar-refractivity contribution in [2.24, 2.45) is 7.05 Å². The van der Waals surface area contributed by atoms with E-state index in [0.29, 0.717) is 11.3 Å². The molecule has 0 spiro atoms. The van der Waals surface area contributed by atoms with Crippen LogP contribution in [0.1, 0.15) is 43.7 Å². The molecule has 6 nitrogen and oxygen atoms in total. The van der Waals surface area contributed by atoms with Gasteiger partial charge in [-0.25, -0.2) is 9.59 Å². The molecule has 1 aromatic carbocycles. The first kappa shape index (κ1) is 19.3. The van der Waals surface area contributed by atoms with Crippen molar-refractivity contribution in [2.75, 3.05) is 6.61 Å². The quantitative estimate of drug-likeness (QED) is 0.768. The van der Waals surface area contributed by atoms with Gasteiger partial charge < -0.3 is 19.4 Å². The molecule has 1 N–H and O–H groups in total. The lowest BCUT2D eigenvalue weighted by Gasteiger charge is -2.20. The Kier molecular flexibility index (Phi) is 5.77. The third kappa shape index (κ3) is 4.54. The molecule has 0 aliphatic rings. The summed E-state index contributed by atoms with van der Waals surface area (Å²) in [6, 6.07) is 5.66. The smallest absolute Gasteiger partial charge is 0.407 e. The van der Waals surface area contributed by atoms with Crippen LogP contribution >= 0.6 is 15.9 Å². The van der Waals surface area contributed by atoms with Gasteiger partial charge in [0.15, 0.2) is 0 Å². The molecule has 0 saturated carbocycles. The number of rotatable bonds is 4. The van der Waals surface area contributed by atoms with Crippen molar-refractivity contribution in [2.45, 2.75) is 39.8 Å². The number of halogens is 1. The highest BCUT2D eigenvalue weighted by Gasteiger charge is 2.23. The third-order valence-corrected chi connectivity index (χ3v) is 4.06. The van der Waals surface area contributed by atoms with E-state index >= 15 is 0 Å². The normalized spacial score (nSPS) is 11.4. The van der Waals surface area contributed by atoms with Gasteiger partial charge >= 0.3 is 12.1 Å². The topological polar surface area (TPSA) is 69.6 Å². The molecule has 2 aromatic rings. The van der Waals surface area contributed by atoms with E-state index in [2.05, 4.69) is 21.2 Å². The summed E-state index contributed by atoms with van der Waals surface area (Å²) < 4.78 is 13.2. The second-order valence-electron chi connectivity index (χ2n) is 6.62. The minimum atomic E-state index is -0.585. The molecule has 25 heavy (non-hydrogen) atoms. The number of esters is 1. The molecule has 0 atom stereocenters. The van der Waals surface area contributed by atoms with Crippen molar-refractivity contribution in [3.05, 3.63) is 33.9 Å². The maximum Gasteiger partial charge on any atom is 0.407 e. The zero-order chi connectivity index (χ0) is 18.8. The maximum atomic E-state index is 12.5. The first-order chi connectivity index (χ1) is 11.6. The lowest BCUT2D eigenvalue weighted by Crippen LogP contribution is -2.33. The summed E-state index contributed by atoms with van der Waals surface area (Å²) in [5.74, 6) is -0.406. The number of benzene rings is 1. The molecule has 136 valence electrons. The SMILES string of the molecule is CCOC(=O)c1c(CNC(=O)OC(C)(C)C)n(C)c2cc(Br)ccc12. The van der Waals surface area contributed by atoms with E-state index in [1.54, 1.807) is 27.7 Å². The number of amides is 1. The van der Waals surface area contributed by atoms with E-state index in [1.165, 1.54) is 0 Å². The van der Waals surface area contributed by atoms with E-state index < -0.39 is 17.7 Å². The number of carbonyl (C=O) groups is 2. The van der Waals surface area contributed by atoms with Crippen LogP contribution in [0, 0.1) is 0 Å². The van der Waals surface area contributed by atoms with Gasteiger partial charge in [0.2, 0.25) is 0 Å². The molecule has 0 radical (unpaired) electrons. The molecule has 0 bridgehead atoms. The van der Waals surface area contributed by atoms with Gasteiger partial charge in [-0.1, -0.05) is 22.0 Å². The third-order valence-electron chi connectivity index (χ3n) is 3.56. The van der Waals surface area contributed by atoms with Crippen LogP contribution in [0.25, 0.3) is 10.9 Å². The molecular weight excluding hydrogens is 388 g/mol. The monoisotopic (exact) mass is 410 g/mol. The molecule has 1 heterocycles. The number of carbonyl (C=O) groups excluding carboxylic acids is 2. The fourth-order valence-corrected chi connectivity index (χ4v) is 2.92. The standard InChI is InChI=1S/C18H23BrN2O4/c1-6-24-16(22)15-12-8-7-11(19)9-13(12)21(5)14(15)10-20-17(23)25-18(2,3)4/h7-9H,6,10H2,1-5H3,(H,20,23). The number of aromatic nitrogens is 1. The largest absolute Gasteiger partial charge is 0.462 e. The minimum Gasteiger partial charge on any atom is -0.462 e. The highest BCUT2D eigenvalue weighted by atomic mass is 79.9. The van der Waals surface area contributed by atoms with Gasteiger partial charge in [0.1, 0.15) is 5.60 Å². The van der Waals surface area contributed by atoms with Crippen LogP contribution in [-0.2, 0) is 23.1 Å². The molecule has 7 heteroatoms. The Morgan fingerprint density at radius 1 is 1.28 bits per heavy atom. The van der Waals surface area contributed by atoms with Crippen molar-refractivity contribution in [3.63, 3.8) is 0 Å². The lowest BCUT2D eigenvalue weighted by atomic mass is 10.1. The first-order valence-corrected chi connectivity index (χ1v) is 8.84. The number of fused-ring (bicyclic) bond motifs is 1. The van der Waals surface area contributed by atoms with Crippen molar-refractivity contribution in [1.82, 2.24) is 9.88 Å².